The zero-order valence-corrected chi connectivity index (χ0v) is 12.0. The van der Waals surface area contributed by atoms with Gasteiger partial charge in [0, 0.05) is 12.5 Å². The summed E-state index contributed by atoms with van der Waals surface area (Å²) >= 11 is 0. The van der Waals surface area contributed by atoms with Crippen LogP contribution in [0.5, 0.6) is 0 Å². The van der Waals surface area contributed by atoms with Crippen molar-refractivity contribution in [2.24, 2.45) is 10.9 Å². The highest BCUT2D eigenvalue weighted by molar-refractivity contribution is 5.97. The van der Waals surface area contributed by atoms with Crippen molar-refractivity contribution in [1.82, 2.24) is 9.96 Å². The molecule has 0 saturated carbocycles. The fraction of sp³-hybridized carbons (Fsp3) is 0.615. The van der Waals surface area contributed by atoms with Gasteiger partial charge in [0.15, 0.2) is 6.61 Å². The third-order valence-corrected chi connectivity index (χ3v) is 3.55. The minimum absolute atomic E-state index is 0.0574. The SMILES string of the molecule is C=CCON1C(=O)N2C[C@H]1C(=NOCC(N)=O)C[C@H]2CC. The number of carbonyl (C=O) groups is 2. The molecule has 2 saturated heterocycles. The molecule has 0 aromatic carbocycles. The van der Waals surface area contributed by atoms with Crippen LogP contribution in [-0.2, 0) is 14.5 Å². The van der Waals surface area contributed by atoms with E-state index in [0.29, 0.717) is 18.7 Å². The first-order valence-electron chi connectivity index (χ1n) is 6.89. The number of rotatable bonds is 7. The van der Waals surface area contributed by atoms with E-state index in [-0.39, 0.29) is 31.3 Å². The lowest BCUT2D eigenvalue weighted by Gasteiger charge is -2.30. The Morgan fingerprint density at radius 2 is 2.38 bits per heavy atom. The molecular formula is C13H20N4O4. The molecule has 0 spiro atoms. The van der Waals surface area contributed by atoms with Gasteiger partial charge in [0.1, 0.15) is 6.04 Å². The molecular weight excluding hydrogens is 276 g/mol. The van der Waals surface area contributed by atoms with Crippen LogP contribution in [0.4, 0.5) is 4.79 Å². The van der Waals surface area contributed by atoms with E-state index in [4.69, 9.17) is 15.4 Å². The van der Waals surface area contributed by atoms with Crippen LogP contribution in [0.15, 0.2) is 17.8 Å². The van der Waals surface area contributed by atoms with Crippen LogP contribution < -0.4 is 5.73 Å². The molecule has 2 aliphatic rings. The van der Waals surface area contributed by atoms with Gasteiger partial charge in [-0.15, -0.1) is 6.58 Å². The summed E-state index contributed by atoms with van der Waals surface area (Å²) in [6.07, 6.45) is 2.98. The number of oxime groups is 1. The Morgan fingerprint density at radius 1 is 1.62 bits per heavy atom. The topological polar surface area (TPSA) is 97.5 Å². The zero-order chi connectivity index (χ0) is 15.4. The number of amides is 3. The minimum Gasteiger partial charge on any atom is -0.386 e. The molecule has 8 heteroatoms. The van der Waals surface area contributed by atoms with E-state index in [1.165, 1.54) is 5.06 Å². The molecule has 0 aliphatic carbocycles. The molecule has 0 radical (unpaired) electrons. The number of nitrogens with two attached hydrogens (primary N) is 1. The number of primary amides is 1. The van der Waals surface area contributed by atoms with Gasteiger partial charge >= 0.3 is 6.03 Å². The molecule has 0 aromatic rings. The Kier molecular flexibility index (Phi) is 4.79. The number of hydrogen-bond donors (Lipinski definition) is 1. The lowest BCUT2D eigenvalue weighted by atomic mass is 9.97. The lowest BCUT2D eigenvalue weighted by molar-refractivity contribution is -0.122. The van der Waals surface area contributed by atoms with E-state index in [1.54, 1.807) is 11.0 Å². The fourth-order valence-corrected chi connectivity index (χ4v) is 2.55. The van der Waals surface area contributed by atoms with Crippen molar-refractivity contribution >= 4 is 17.6 Å². The summed E-state index contributed by atoms with van der Waals surface area (Å²) in [6.45, 7) is 6.04. The smallest absolute Gasteiger partial charge is 0.344 e. The Labute approximate surface area is 123 Å². The van der Waals surface area contributed by atoms with E-state index in [0.717, 1.165) is 6.42 Å². The number of carbonyl (C=O) groups excluding carboxylic acids is 2. The molecule has 2 bridgehead atoms. The summed E-state index contributed by atoms with van der Waals surface area (Å²) in [5, 5.41) is 5.29. The molecule has 21 heavy (non-hydrogen) atoms. The molecule has 2 atom stereocenters. The zero-order valence-electron chi connectivity index (χ0n) is 12.0. The van der Waals surface area contributed by atoms with E-state index >= 15 is 0 Å². The first-order valence-corrected chi connectivity index (χ1v) is 6.89. The summed E-state index contributed by atoms with van der Waals surface area (Å²) in [6, 6.07) is -0.413. The molecule has 2 N–H and O–H groups in total. The van der Waals surface area contributed by atoms with Crippen LogP contribution in [0.2, 0.25) is 0 Å². The fourth-order valence-electron chi connectivity index (χ4n) is 2.55. The first kappa shape index (κ1) is 15.3. The average molecular weight is 296 g/mol. The van der Waals surface area contributed by atoms with Crippen LogP contribution in [0.3, 0.4) is 0 Å². The maximum Gasteiger partial charge on any atom is 0.344 e. The molecule has 2 fully saturated rings. The predicted octanol–water partition coefficient (Wildman–Crippen LogP) is 0.250. The van der Waals surface area contributed by atoms with E-state index < -0.39 is 5.91 Å². The van der Waals surface area contributed by atoms with Crippen molar-refractivity contribution in [3.05, 3.63) is 12.7 Å². The maximum absolute atomic E-state index is 12.3. The number of hydroxylamine groups is 2. The predicted molar refractivity (Wildman–Crippen MR) is 75.2 cm³/mol. The maximum atomic E-state index is 12.3. The van der Waals surface area contributed by atoms with Crippen LogP contribution in [-0.4, -0.2) is 59.5 Å². The highest BCUT2D eigenvalue weighted by Gasteiger charge is 2.48. The molecule has 116 valence electrons. The van der Waals surface area contributed by atoms with Crippen molar-refractivity contribution in [1.29, 1.82) is 0 Å². The Bertz CT molecular complexity index is 465. The van der Waals surface area contributed by atoms with Gasteiger partial charge < -0.3 is 15.5 Å². The second-order valence-electron chi connectivity index (χ2n) is 4.95. The largest absolute Gasteiger partial charge is 0.386 e. The first-order chi connectivity index (χ1) is 10.1. The average Bonchev–Trinajstić information content (AvgIpc) is 2.73. The highest BCUT2D eigenvalue weighted by Crippen LogP contribution is 2.30. The lowest BCUT2D eigenvalue weighted by Crippen LogP contribution is -2.44. The van der Waals surface area contributed by atoms with Gasteiger partial charge in [-0.25, -0.2) is 4.79 Å². The molecule has 3 amide bonds. The molecule has 0 unspecified atom stereocenters. The second kappa shape index (κ2) is 6.57. The van der Waals surface area contributed by atoms with Crippen molar-refractivity contribution in [3.8, 4) is 0 Å². The number of nitrogens with zero attached hydrogens (tertiary/aromatic N) is 3. The number of piperidine rings is 1. The van der Waals surface area contributed by atoms with Gasteiger partial charge in [0.25, 0.3) is 5.91 Å². The van der Waals surface area contributed by atoms with Gasteiger partial charge in [-0.3, -0.25) is 9.63 Å². The monoisotopic (exact) mass is 296 g/mol. The molecule has 0 aromatic heterocycles. The van der Waals surface area contributed by atoms with E-state index in [9.17, 15) is 9.59 Å². The van der Waals surface area contributed by atoms with Gasteiger partial charge in [-0.05, 0) is 6.42 Å². The van der Waals surface area contributed by atoms with Gasteiger partial charge in [-0.2, -0.15) is 5.06 Å². The van der Waals surface area contributed by atoms with Crippen LogP contribution in [0, 0.1) is 0 Å². The number of fused-ring (bicyclic) bond motifs is 2. The third kappa shape index (κ3) is 3.15. The summed E-state index contributed by atoms with van der Waals surface area (Å²) < 4.78 is 0. The van der Waals surface area contributed by atoms with Gasteiger partial charge in [-0.1, -0.05) is 18.2 Å². The van der Waals surface area contributed by atoms with E-state index in [2.05, 4.69) is 11.7 Å². The number of urea groups is 1. The summed E-state index contributed by atoms with van der Waals surface area (Å²) in [4.78, 5) is 35.2. The Balaban J connectivity index is 2.15. The van der Waals surface area contributed by atoms with Crippen LogP contribution in [0.1, 0.15) is 19.8 Å². The standard InChI is InChI=1S/C13H20N4O4/c1-3-5-21-17-11-7-16(13(17)19)9(4-2)6-10(11)15-20-8-12(14)18/h3,9,11H,1,4-8H2,2H3,(H2,14,18)/t9-,11+/m1/s1. The summed E-state index contributed by atoms with van der Waals surface area (Å²) in [5.41, 5.74) is 5.70. The quantitative estimate of drug-likeness (QED) is 0.538. The Hall–Kier alpha value is -2.09. The van der Waals surface area contributed by atoms with Crippen LogP contribution >= 0.6 is 0 Å². The molecule has 8 nitrogen and oxygen atoms in total. The number of hydrogen-bond acceptors (Lipinski definition) is 5. The van der Waals surface area contributed by atoms with Gasteiger partial charge in [0.05, 0.1) is 18.9 Å². The summed E-state index contributed by atoms with van der Waals surface area (Å²) in [5.74, 6) is -0.592. The Morgan fingerprint density at radius 3 is 3.00 bits per heavy atom. The second-order valence-corrected chi connectivity index (χ2v) is 4.95. The highest BCUT2D eigenvalue weighted by atomic mass is 16.7. The molecule has 2 rings (SSSR count). The molecule has 2 aliphatic heterocycles. The van der Waals surface area contributed by atoms with Crippen molar-refractivity contribution in [3.63, 3.8) is 0 Å². The normalized spacial score (nSPS) is 26.3. The summed E-state index contributed by atoms with van der Waals surface area (Å²) in [7, 11) is 0. The van der Waals surface area contributed by atoms with Gasteiger partial charge in [0.2, 0.25) is 0 Å². The minimum atomic E-state index is -0.592. The third-order valence-electron chi connectivity index (χ3n) is 3.55. The van der Waals surface area contributed by atoms with Crippen molar-refractivity contribution in [2.45, 2.75) is 31.8 Å². The molecule has 2 heterocycles. The van der Waals surface area contributed by atoms with Crippen molar-refractivity contribution in [2.75, 3.05) is 19.8 Å². The van der Waals surface area contributed by atoms with E-state index in [1.807, 2.05) is 6.92 Å². The van der Waals surface area contributed by atoms with Crippen LogP contribution in [0.25, 0.3) is 0 Å². The van der Waals surface area contributed by atoms with Crippen molar-refractivity contribution < 1.29 is 19.3 Å².